The Kier molecular flexibility index (Phi) is 4.04. The molecule has 0 aliphatic carbocycles. The molecule has 0 atom stereocenters. The maximum atomic E-state index is 12.6. The van der Waals surface area contributed by atoms with Gasteiger partial charge in [-0.1, -0.05) is 18.2 Å². The van der Waals surface area contributed by atoms with E-state index in [-0.39, 0.29) is 23.3 Å². The average Bonchev–Trinajstić information content (AvgIpc) is 3.00. The SMILES string of the molecule is CC1=NN(c2cccc(NC(=O)c3c[nH]c4ccccc4c3=O)c2)C(=O)C1. The van der Waals surface area contributed by atoms with Gasteiger partial charge < -0.3 is 10.3 Å². The second-order valence-electron chi connectivity index (χ2n) is 6.30. The Morgan fingerprint density at radius 2 is 1.96 bits per heavy atom. The largest absolute Gasteiger partial charge is 0.360 e. The van der Waals surface area contributed by atoms with E-state index in [0.29, 0.717) is 22.3 Å². The lowest BCUT2D eigenvalue weighted by Crippen LogP contribution is -2.22. The van der Waals surface area contributed by atoms with Crippen molar-refractivity contribution in [3.63, 3.8) is 0 Å². The molecule has 27 heavy (non-hydrogen) atoms. The number of carbonyl (C=O) groups is 2. The Balaban J connectivity index is 1.62. The number of pyridine rings is 1. The number of aromatic nitrogens is 1. The van der Waals surface area contributed by atoms with E-state index < -0.39 is 5.91 Å². The van der Waals surface area contributed by atoms with Crippen LogP contribution in [0.2, 0.25) is 0 Å². The summed E-state index contributed by atoms with van der Waals surface area (Å²) in [5.41, 5.74) is 2.11. The van der Waals surface area contributed by atoms with Gasteiger partial charge in [-0.3, -0.25) is 14.4 Å². The molecule has 7 nitrogen and oxygen atoms in total. The van der Waals surface area contributed by atoms with Crippen molar-refractivity contribution < 1.29 is 9.59 Å². The molecule has 134 valence electrons. The van der Waals surface area contributed by atoms with Crippen LogP contribution in [-0.2, 0) is 4.79 Å². The van der Waals surface area contributed by atoms with Crippen molar-refractivity contribution in [2.75, 3.05) is 10.3 Å². The van der Waals surface area contributed by atoms with E-state index in [2.05, 4.69) is 15.4 Å². The van der Waals surface area contributed by atoms with Crippen LogP contribution in [0.15, 0.2) is 64.6 Å². The van der Waals surface area contributed by atoms with Crippen molar-refractivity contribution in [3.05, 3.63) is 70.5 Å². The van der Waals surface area contributed by atoms with Crippen molar-refractivity contribution >= 4 is 39.8 Å². The standard InChI is InChI=1S/C20H16N4O3/c1-12-9-18(25)24(23-12)14-6-4-5-13(10-14)22-20(27)16-11-21-17-8-3-2-7-15(17)19(16)26/h2-8,10-11H,9H2,1H3,(H,21,26)(H,22,27). The van der Waals surface area contributed by atoms with Crippen LogP contribution in [0, 0.1) is 0 Å². The number of hydrogen-bond donors (Lipinski definition) is 2. The molecular formula is C20H16N4O3. The Bertz CT molecular complexity index is 1160. The molecule has 4 rings (SSSR count). The van der Waals surface area contributed by atoms with Crippen molar-refractivity contribution in [3.8, 4) is 0 Å². The molecule has 2 amide bonds. The third-order valence-corrected chi connectivity index (χ3v) is 4.30. The van der Waals surface area contributed by atoms with Crippen molar-refractivity contribution in [1.29, 1.82) is 0 Å². The molecule has 3 aromatic rings. The highest BCUT2D eigenvalue weighted by Gasteiger charge is 2.23. The fourth-order valence-electron chi connectivity index (χ4n) is 3.01. The lowest BCUT2D eigenvalue weighted by molar-refractivity contribution is -0.116. The summed E-state index contributed by atoms with van der Waals surface area (Å²) in [6.45, 7) is 1.79. The van der Waals surface area contributed by atoms with E-state index in [0.717, 1.165) is 5.71 Å². The zero-order valence-corrected chi connectivity index (χ0v) is 14.5. The Hall–Kier alpha value is -3.74. The molecule has 0 unspecified atom stereocenters. The molecule has 0 saturated carbocycles. The summed E-state index contributed by atoms with van der Waals surface area (Å²) in [6.07, 6.45) is 1.69. The van der Waals surface area contributed by atoms with Gasteiger partial charge in [0.05, 0.1) is 12.1 Å². The lowest BCUT2D eigenvalue weighted by atomic mass is 10.1. The monoisotopic (exact) mass is 360 g/mol. The number of amides is 2. The first-order valence-electron chi connectivity index (χ1n) is 8.42. The normalized spacial score (nSPS) is 13.7. The predicted octanol–water partition coefficient (Wildman–Crippen LogP) is 2.89. The van der Waals surface area contributed by atoms with Crippen LogP contribution in [-0.4, -0.2) is 22.5 Å². The van der Waals surface area contributed by atoms with E-state index in [9.17, 15) is 14.4 Å². The minimum Gasteiger partial charge on any atom is -0.360 e. The summed E-state index contributed by atoms with van der Waals surface area (Å²) in [5.74, 6) is -0.645. The van der Waals surface area contributed by atoms with Crippen LogP contribution in [0.1, 0.15) is 23.7 Å². The number of rotatable bonds is 3. The first kappa shape index (κ1) is 16.7. The fraction of sp³-hybridized carbons (Fsp3) is 0.100. The van der Waals surface area contributed by atoms with Crippen LogP contribution in [0.25, 0.3) is 10.9 Å². The first-order chi connectivity index (χ1) is 13.0. The fourth-order valence-corrected chi connectivity index (χ4v) is 3.01. The molecule has 0 fully saturated rings. The molecule has 0 spiro atoms. The van der Waals surface area contributed by atoms with Crippen LogP contribution >= 0.6 is 0 Å². The van der Waals surface area contributed by atoms with Crippen LogP contribution in [0.4, 0.5) is 11.4 Å². The number of carbonyl (C=O) groups excluding carboxylic acids is 2. The Labute approximate surface area is 154 Å². The van der Waals surface area contributed by atoms with Crippen molar-refractivity contribution in [2.24, 2.45) is 5.10 Å². The number of hydrazone groups is 1. The van der Waals surface area contributed by atoms with Gasteiger partial charge in [0.1, 0.15) is 5.56 Å². The predicted molar refractivity (Wildman–Crippen MR) is 104 cm³/mol. The molecular weight excluding hydrogens is 344 g/mol. The summed E-state index contributed by atoms with van der Waals surface area (Å²) in [6, 6.07) is 13.8. The Morgan fingerprint density at radius 1 is 1.15 bits per heavy atom. The average molecular weight is 360 g/mol. The van der Waals surface area contributed by atoms with Crippen LogP contribution in [0.3, 0.4) is 0 Å². The molecule has 2 aromatic carbocycles. The summed E-state index contributed by atoms with van der Waals surface area (Å²) in [5, 5.41) is 8.67. The molecule has 2 heterocycles. The quantitative estimate of drug-likeness (QED) is 0.752. The maximum absolute atomic E-state index is 12.6. The molecule has 0 bridgehead atoms. The van der Waals surface area contributed by atoms with E-state index in [1.54, 1.807) is 49.4 Å². The lowest BCUT2D eigenvalue weighted by Gasteiger charge is -2.13. The number of nitrogens with zero attached hydrogens (tertiary/aromatic N) is 2. The molecule has 7 heteroatoms. The number of para-hydroxylation sites is 1. The van der Waals surface area contributed by atoms with E-state index in [4.69, 9.17) is 0 Å². The third kappa shape index (κ3) is 3.10. The third-order valence-electron chi connectivity index (χ3n) is 4.30. The molecule has 1 aliphatic rings. The van der Waals surface area contributed by atoms with Gasteiger partial charge in [-0.25, -0.2) is 5.01 Å². The zero-order chi connectivity index (χ0) is 19.0. The van der Waals surface area contributed by atoms with Gasteiger partial charge in [0.25, 0.3) is 11.8 Å². The minimum atomic E-state index is -0.522. The summed E-state index contributed by atoms with van der Waals surface area (Å²) >= 11 is 0. The van der Waals surface area contributed by atoms with Gasteiger partial charge in [-0.05, 0) is 37.3 Å². The van der Waals surface area contributed by atoms with E-state index in [1.165, 1.54) is 11.2 Å². The van der Waals surface area contributed by atoms with Gasteiger partial charge in [0, 0.05) is 28.5 Å². The highest BCUT2D eigenvalue weighted by atomic mass is 16.2. The number of H-pyrrole nitrogens is 1. The van der Waals surface area contributed by atoms with Gasteiger partial charge in [0.2, 0.25) is 5.43 Å². The van der Waals surface area contributed by atoms with Gasteiger partial charge in [-0.2, -0.15) is 5.10 Å². The number of anilines is 2. The molecule has 2 N–H and O–H groups in total. The van der Waals surface area contributed by atoms with Gasteiger partial charge >= 0.3 is 0 Å². The number of hydrogen-bond acceptors (Lipinski definition) is 4. The number of fused-ring (bicyclic) bond motifs is 1. The zero-order valence-electron chi connectivity index (χ0n) is 14.5. The molecule has 0 radical (unpaired) electrons. The van der Waals surface area contributed by atoms with Crippen LogP contribution in [0.5, 0.6) is 0 Å². The second-order valence-corrected chi connectivity index (χ2v) is 6.30. The number of aromatic amines is 1. The van der Waals surface area contributed by atoms with E-state index in [1.807, 2.05) is 6.07 Å². The summed E-state index contributed by atoms with van der Waals surface area (Å²) < 4.78 is 0. The topological polar surface area (TPSA) is 94.6 Å². The van der Waals surface area contributed by atoms with Crippen molar-refractivity contribution in [2.45, 2.75) is 13.3 Å². The van der Waals surface area contributed by atoms with Crippen LogP contribution < -0.4 is 15.8 Å². The van der Waals surface area contributed by atoms with Gasteiger partial charge in [-0.15, -0.1) is 0 Å². The molecule has 1 aromatic heterocycles. The molecule has 0 saturated heterocycles. The highest BCUT2D eigenvalue weighted by Crippen LogP contribution is 2.24. The second kappa shape index (κ2) is 6.53. The maximum Gasteiger partial charge on any atom is 0.261 e. The smallest absolute Gasteiger partial charge is 0.261 e. The summed E-state index contributed by atoms with van der Waals surface area (Å²) in [4.78, 5) is 40.1. The van der Waals surface area contributed by atoms with Crippen molar-refractivity contribution in [1.82, 2.24) is 4.98 Å². The minimum absolute atomic E-state index is 0.0187. The number of benzene rings is 2. The van der Waals surface area contributed by atoms with Gasteiger partial charge in [0.15, 0.2) is 0 Å². The first-order valence-corrected chi connectivity index (χ1v) is 8.42. The number of nitrogens with one attached hydrogen (secondary N) is 2. The molecule has 1 aliphatic heterocycles. The van der Waals surface area contributed by atoms with E-state index >= 15 is 0 Å². The highest BCUT2D eigenvalue weighted by molar-refractivity contribution is 6.12. The summed E-state index contributed by atoms with van der Waals surface area (Å²) in [7, 11) is 0. The Morgan fingerprint density at radius 3 is 2.74 bits per heavy atom.